The Labute approximate surface area is 103 Å². The van der Waals surface area contributed by atoms with Gasteiger partial charge in [0.05, 0.1) is 5.70 Å². The molecular formula is C13H22N2O2. The van der Waals surface area contributed by atoms with Crippen molar-refractivity contribution >= 4 is 5.91 Å². The van der Waals surface area contributed by atoms with Crippen molar-refractivity contribution < 1.29 is 9.53 Å². The maximum atomic E-state index is 11.0. The first-order valence-corrected chi connectivity index (χ1v) is 5.72. The number of ether oxygens (including phenoxy) is 1. The number of hydrogen-bond acceptors (Lipinski definition) is 3. The molecule has 0 spiro atoms. The first kappa shape index (κ1) is 15.4. The van der Waals surface area contributed by atoms with Gasteiger partial charge in [-0.15, -0.1) is 0 Å². The molecular weight excluding hydrogens is 216 g/mol. The molecule has 1 amide bonds. The average molecular weight is 238 g/mol. The molecule has 0 aliphatic carbocycles. The molecule has 1 aliphatic heterocycles. The summed E-state index contributed by atoms with van der Waals surface area (Å²) in [5.41, 5.74) is 6.52. The van der Waals surface area contributed by atoms with Crippen LogP contribution in [0.25, 0.3) is 0 Å². The Bertz CT molecular complexity index is 341. The van der Waals surface area contributed by atoms with Crippen molar-refractivity contribution in [1.82, 2.24) is 5.32 Å². The number of rotatable bonds is 3. The second kappa shape index (κ2) is 8.58. The number of carbonyl (C=O) groups is 1. The molecule has 0 atom stereocenters. The molecule has 17 heavy (non-hydrogen) atoms. The standard InChI is InChI=1S/C12H17NO2.CH5N/c1-4-10(5-2)6-7-11-9(3)13-12(14)8-15-11;1-2/h4,6-7H,5,8H2,1-3H3,(H,13,14);2H2,1H3/b7-6-,10-4-;. The smallest absolute Gasteiger partial charge is 0.262 e. The Morgan fingerprint density at radius 2 is 2.18 bits per heavy atom. The molecule has 0 unspecified atom stereocenters. The van der Waals surface area contributed by atoms with E-state index in [9.17, 15) is 4.79 Å². The van der Waals surface area contributed by atoms with E-state index in [1.165, 1.54) is 12.6 Å². The second-order valence-corrected chi connectivity index (χ2v) is 3.38. The van der Waals surface area contributed by atoms with E-state index in [1.54, 1.807) is 0 Å². The van der Waals surface area contributed by atoms with E-state index < -0.39 is 0 Å². The van der Waals surface area contributed by atoms with E-state index in [0.717, 1.165) is 17.9 Å². The van der Waals surface area contributed by atoms with Crippen LogP contribution >= 0.6 is 0 Å². The molecule has 4 nitrogen and oxygen atoms in total. The minimum atomic E-state index is -0.0913. The summed E-state index contributed by atoms with van der Waals surface area (Å²) in [5, 5.41) is 2.73. The highest BCUT2D eigenvalue weighted by Crippen LogP contribution is 2.12. The van der Waals surface area contributed by atoms with Gasteiger partial charge in [0.15, 0.2) is 6.61 Å². The third-order valence-electron chi connectivity index (χ3n) is 2.28. The molecule has 1 rings (SSSR count). The predicted octanol–water partition coefficient (Wildman–Crippen LogP) is 1.85. The number of amides is 1. The lowest BCUT2D eigenvalue weighted by Gasteiger charge is -2.17. The van der Waals surface area contributed by atoms with Gasteiger partial charge in [-0.2, -0.15) is 0 Å². The first-order valence-electron chi connectivity index (χ1n) is 5.72. The van der Waals surface area contributed by atoms with Gasteiger partial charge in [0, 0.05) is 0 Å². The highest BCUT2D eigenvalue weighted by Gasteiger charge is 2.13. The Kier molecular flexibility index (Phi) is 7.80. The van der Waals surface area contributed by atoms with Crippen molar-refractivity contribution in [2.45, 2.75) is 27.2 Å². The molecule has 0 radical (unpaired) electrons. The van der Waals surface area contributed by atoms with E-state index in [-0.39, 0.29) is 12.5 Å². The van der Waals surface area contributed by atoms with Crippen LogP contribution < -0.4 is 11.1 Å². The maximum absolute atomic E-state index is 11.0. The molecule has 3 N–H and O–H groups in total. The first-order chi connectivity index (χ1) is 8.17. The van der Waals surface area contributed by atoms with Crippen LogP contribution in [0.1, 0.15) is 27.2 Å². The minimum Gasteiger partial charge on any atom is -0.482 e. The SMILES string of the molecule is C/C=C(\C=C/C1=C(C)NC(=O)CO1)CC.CN. The summed E-state index contributed by atoms with van der Waals surface area (Å²) in [6, 6.07) is 0. The summed E-state index contributed by atoms with van der Waals surface area (Å²) in [6.45, 7) is 6.05. The van der Waals surface area contributed by atoms with Crippen LogP contribution in [0, 0.1) is 0 Å². The van der Waals surface area contributed by atoms with Crippen LogP contribution in [-0.4, -0.2) is 19.6 Å². The third kappa shape index (κ3) is 5.36. The fourth-order valence-electron chi connectivity index (χ4n) is 1.33. The maximum Gasteiger partial charge on any atom is 0.262 e. The number of carbonyl (C=O) groups excluding carboxylic acids is 1. The molecule has 96 valence electrons. The second-order valence-electron chi connectivity index (χ2n) is 3.38. The Morgan fingerprint density at radius 1 is 1.53 bits per heavy atom. The van der Waals surface area contributed by atoms with E-state index in [2.05, 4.69) is 24.1 Å². The van der Waals surface area contributed by atoms with Gasteiger partial charge in [-0.05, 0) is 33.4 Å². The zero-order valence-electron chi connectivity index (χ0n) is 11.0. The van der Waals surface area contributed by atoms with Crippen molar-refractivity contribution in [3.05, 3.63) is 35.3 Å². The lowest BCUT2D eigenvalue weighted by Crippen LogP contribution is -2.31. The van der Waals surface area contributed by atoms with Gasteiger partial charge < -0.3 is 15.8 Å². The number of nitrogens with one attached hydrogen (secondary N) is 1. The third-order valence-corrected chi connectivity index (χ3v) is 2.28. The van der Waals surface area contributed by atoms with E-state index in [0.29, 0.717) is 0 Å². The van der Waals surface area contributed by atoms with Gasteiger partial charge in [-0.25, -0.2) is 0 Å². The van der Waals surface area contributed by atoms with E-state index >= 15 is 0 Å². The number of allylic oxidation sites excluding steroid dienone is 5. The summed E-state index contributed by atoms with van der Waals surface area (Å²) in [6.07, 6.45) is 6.96. The van der Waals surface area contributed by atoms with Crippen LogP contribution in [0.4, 0.5) is 0 Å². The zero-order valence-corrected chi connectivity index (χ0v) is 11.0. The summed E-state index contributed by atoms with van der Waals surface area (Å²) >= 11 is 0. The molecule has 1 aliphatic rings. The number of nitrogens with two attached hydrogens (primary N) is 1. The van der Waals surface area contributed by atoms with Gasteiger partial charge in [-0.3, -0.25) is 4.79 Å². The molecule has 0 aromatic carbocycles. The zero-order chi connectivity index (χ0) is 13.3. The molecule has 0 fully saturated rings. The summed E-state index contributed by atoms with van der Waals surface area (Å²) in [5.74, 6) is 0.647. The van der Waals surface area contributed by atoms with Gasteiger partial charge in [0.2, 0.25) is 0 Å². The summed E-state index contributed by atoms with van der Waals surface area (Å²) < 4.78 is 5.30. The highest BCUT2D eigenvalue weighted by molar-refractivity contribution is 5.80. The van der Waals surface area contributed by atoms with Crippen molar-refractivity contribution in [2.24, 2.45) is 5.73 Å². The molecule has 0 aromatic heterocycles. The highest BCUT2D eigenvalue weighted by atomic mass is 16.5. The van der Waals surface area contributed by atoms with Crippen molar-refractivity contribution in [3.8, 4) is 0 Å². The molecule has 1 heterocycles. The topological polar surface area (TPSA) is 64.3 Å². The van der Waals surface area contributed by atoms with Crippen LogP contribution in [0.15, 0.2) is 35.3 Å². The lowest BCUT2D eigenvalue weighted by atomic mass is 10.1. The monoisotopic (exact) mass is 238 g/mol. The molecule has 0 saturated carbocycles. The predicted molar refractivity (Wildman–Crippen MR) is 70.1 cm³/mol. The fourth-order valence-corrected chi connectivity index (χ4v) is 1.33. The van der Waals surface area contributed by atoms with E-state index in [4.69, 9.17) is 4.74 Å². The summed E-state index contributed by atoms with van der Waals surface area (Å²) in [4.78, 5) is 11.0. The van der Waals surface area contributed by atoms with Gasteiger partial charge in [0.1, 0.15) is 5.76 Å². The average Bonchev–Trinajstić information content (AvgIpc) is 2.35. The lowest BCUT2D eigenvalue weighted by molar-refractivity contribution is -0.124. The summed E-state index contributed by atoms with van der Waals surface area (Å²) in [7, 11) is 1.50. The number of hydrogen-bond donors (Lipinski definition) is 2. The van der Waals surface area contributed by atoms with Gasteiger partial charge >= 0.3 is 0 Å². The fraction of sp³-hybridized carbons (Fsp3) is 0.462. The molecule has 0 aromatic rings. The Hall–Kier alpha value is -1.55. The normalized spacial score (nSPS) is 16.3. The van der Waals surface area contributed by atoms with Crippen LogP contribution in [0.3, 0.4) is 0 Å². The van der Waals surface area contributed by atoms with E-state index in [1.807, 2.05) is 26.0 Å². The molecule has 4 heteroatoms. The van der Waals surface area contributed by atoms with Crippen LogP contribution in [0.5, 0.6) is 0 Å². The van der Waals surface area contributed by atoms with Crippen molar-refractivity contribution in [3.63, 3.8) is 0 Å². The molecule has 0 saturated heterocycles. The van der Waals surface area contributed by atoms with Crippen molar-refractivity contribution in [1.29, 1.82) is 0 Å². The minimum absolute atomic E-state index is 0.0913. The quantitative estimate of drug-likeness (QED) is 0.737. The largest absolute Gasteiger partial charge is 0.482 e. The molecule has 0 bridgehead atoms. The van der Waals surface area contributed by atoms with Crippen LogP contribution in [-0.2, 0) is 9.53 Å². The van der Waals surface area contributed by atoms with Crippen molar-refractivity contribution in [2.75, 3.05) is 13.7 Å². The Morgan fingerprint density at radius 3 is 2.65 bits per heavy atom. The van der Waals surface area contributed by atoms with Crippen LogP contribution in [0.2, 0.25) is 0 Å². The van der Waals surface area contributed by atoms with Gasteiger partial charge in [-0.1, -0.05) is 24.6 Å². The Balaban J connectivity index is 0.00000121. The van der Waals surface area contributed by atoms with Gasteiger partial charge in [0.25, 0.3) is 5.91 Å².